The minimum absolute atomic E-state index is 0.784. The van der Waals surface area contributed by atoms with Gasteiger partial charge in [-0.05, 0) is 119 Å². The van der Waals surface area contributed by atoms with Gasteiger partial charge in [-0.2, -0.15) is 0 Å². The Labute approximate surface area is 380 Å². The Kier molecular flexibility index (Phi) is 16.5. The van der Waals surface area contributed by atoms with E-state index in [4.69, 9.17) is 9.47 Å². The third kappa shape index (κ3) is 12.3. The molecule has 0 fully saturated rings. The van der Waals surface area contributed by atoms with Gasteiger partial charge in [-0.25, -0.2) is 9.13 Å². The van der Waals surface area contributed by atoms with Crippen LogP contribution in [0, 0.1) is 0 Å². The van der Waals surface area contributed by atoms with E-state index in [0.29, 0.717) is 0 Å². The van der Waals surface area contributed by atoms with E-state index in [1.807, 2.05) is 68.0 Å². The van der Waals surface area contributed by atoms with E-state index in [1.165, 1.54) is 99.8 Å². The Bertz CT molecular complexity index is 2200. The predicted octanol–water partition coefficient (Wildman–Crippen LogP) is 14.6. The fraction of sp³-hybridized carbons (Fsp3) is 0.320. The van der Waals surface area contributed by atoms with Gasteiger partial charge in [0.25, 0.3) is 0 Å². The number of aryl methyl sites for hydroxylation is 2. The molecule has 60 heavy (non-hydrogen) atoms. The quantitative estimate of drug-likeness (QED) is 0.0422. The molecule has 310 valence electrons. The van der Waals surface area contributed by atoms with E-state index in [2.05, 4.69) is 140 Å². The first-order valence-electron chi connectivity index (χ1n) is 21.3. The molecule has 0 saturated carbocycles. The second kappa shape index (κ2) is 23.0. The summed E-state index contributed by atoms with van der Waals surface area (Å²) in [6, 6.07) is 31.3. The van der Waals surface area contributed by atoms with Crippen LogP contribution in [0.15, 0.2) is 131 Å². The van der Waals surface area contributed by atoms with Gasteiger partial charge in [-0.3, -0.25) is 0 Å². The van der Waals surface area contributed by atoms with E-state index in [9.17, 15) is 0 Å². The number of hydrogen-bond donors (Lipinski definition) is 0. The zero-order valence-electron chi connectivity index (χ0n) is 34.2. The van der Waals surface area contributed by atoms with Gasteiger partial charge in [0.05, 0.1) is 13.2 Å². The van der Waals surface area contributed by atoms with Crippen LogP contribution < -0.4 is 9.13 Å². The zero-order chi connectivity index (χ0) is 40.6. The first-order valence-corrected chi connectivity index (χ1v) is 26.5. The Morgan fingerprint density at radius 2 is 0.767 bits per heavy atom. The van der Waals surface area contributed by atoms with Crippen LogP contribution in [0.4, 0.5) is 0 Å². The maximum atomic E-state index is 6.11. The van der Waals surface area contributed by atoms with Crippen molar-refractivity contribution in [3.05, 3.63) is 142 Å². The molecule has 0 N–H and O–H groups in total. The largest absolute Gasteiger partial charge is 0.381 e. The van der Waals surface area contributed by atoms with Gasteiger partial charge in [0.15, 0.2) is 24.8 Å². The summed E-state index contributed by atoms with van der Waals surface area (Å²) in [7, 11) is 0. The van der Waals surface area contributed by atoms with Gasteiger partial charge >= 0.3 is 0 Å². The lowest BCUT2D eigenvalue weighted by Gasteiger charge is -2.05. The van der Waals surface area contributed by atoms with Crippen molar-refractivity contribution in [3.8, 4) is 50.1 Å². The molecule has 0 aromatic carbocycles. The molecule has 0 aliphatic carbocycles. The van der Waals surface area contributed by atoms with E-state index >= 15 is 0 Å². The van der Waals surface area contributed by atoms with Gasteiger partial charge in [-0.15, -0.1) is 68.0 Å². The summed E-state index contributed by atoms with van der Waals surface area (Å²) < 4.78 is 16.9. The van der Waals surface area contributed by atoms with Crippen LogP contribution >= 0.6 is 68.0 Å². The molecule has 0 aliphatic heterocycles. The van der Waals surface area contributed by atoms with Crippen LogP contribution in [0.25, 0.3) is 50.1 Å². The number of rotatable bonds is 25. The fourth-order valence-electron chi connectivity index (χ4n) is 7.41. The molecule has 8 rings (SSSR count). The summed E-state index contributed by atoms with van der Waals surface area (Å²) in [6.07, 6.45) is 20.4. The third-order valence-electron chi connectivity index (χ3n) is 10.7. The molecule has 0 saturated heterocycles. The van der Waals surface area contributed by atoms with Crippen LogP contribution in [0.1, 0.15) is 62.5 Å². The van der Waals surface area contributed by atoms with E-state index in [1.54, 1.807) is 0 Å². The second-order valence-corrected chi connectivity index (χ2v) is 20.9. The lowest BCUT2D eigenvalue weighted by Crippen LogP contribution is -2.33. The highest BCUT2D eigenvalue weighted by Crippen LogP contribution is 2.43. The highest BCUT2D eigenvalue weighted by Gasteiger charge is 2.16. The van der Waals surface area contributed by atoms with Crippen LogP contribution in [0.2, 0.25) is 0 Å². The Hall–Kier alpha value is -3.58. The average Bonchev–Trinajstić information content (AvgIpc) is 4.13. The highest BCUT2D eigenvalue weighted by molar-refractivity contribution is 7.26. The number of aromatic nitrogens is 2. The van der Waals surface area contributed by atoms with Crippen molar-refractivity contribution in [2.75, 3.05) is 26.4 Å². The lowest BCUT2D eigenvalue weighted by atomic mass is 10.1. The Morgan fingerprint density at radius 1 is 0.383 bits per heavy atom. The molecule has 10 heteroatoms. The molecule has 0 atom stereocenters. The van der Waals surface area contributed by atoms with E-state index in [0.717, 1.165) is 65.2 Å². The van der Waals surface area contributed by atoms with Crippen molar-refractivity contribution < 1.29 is 18.6 Å². The number of thiophene rings is 6. The first kappa shape index (κ1) is 43.1. The smallest absolute Gasteiger partial charge is 0.169 e. The third-order valence-corrected chi connectivity index (χ3v) is 17.3. The zero-order valence-corrected chi connectivity index (χ0v) is 39.1. The van der Waals surface area contributed by atoms with Crippen molar-refractivity contribution in [2.45, 2.75) is 77.3 Å². The molecule has 0 aliphatic rings. The van der Waals surface area contributed by atoms with Crippen LogP contribution in [0.3, 0.4) is 0 Å². The number of ether oxygens (including phenoxy) is 2. The van der Waals surface area contributed by atoms with Crippen molar-refractivity contribution in [1.82, 2.24) is 0 Å². The number of pyridine rings is 2. The second-order valence-electron chi connectivity index (χ2n) is 15.0. The van der Waals surface area contributed by atoms with E-state index < -0.39 is 0 Å². The minimum Gasteiger partial charge on any atom is -0.381 e. The maximum absolute atomic E-state index is 6.11. The van der Waals surface area contributed by atoms with E-state index in [-0.39, 0.29) is 0 Å². The summed E-state index contributed by atoms with van der Waals surface area (Å²) in [5.74, 6) is 0. The van der Waals surface area contributed by atoms with Gasteiger partial charge in [0, 0.05) is 89.3 Å². The van der Waals surface area contributed by atoms with Gasteiger partial charge in [0.2, 0.25) is 0 Å². The monoisotopic (exact) mass is 906 g/mol. The topological polar surface area (TPSA) is 26.2 Å². The average molecular weight is 907 g/mol. The van der Waals surface area contributed by atoms with Crippen molar-refractivity contribution in [1.29, 1.82) is 0 Å². The first-order chi connectivity index (χ1) is 29.8. The fourth-order valence-corrected chi connectivity index (χ4v) is 13.3. The molecule has 0 bridgehead atoms. The molecule has 0 unspecified atom stereocenters. The lowest BCUT2D eigenvalue weighted by molar-refractivity contribution is -0.697. The number of nitrogens with zero attached hydrogens (tertiary/aromatic N) is 2. The summed E-state index contributed by atoms with van der Waals surface area (Å²) >= 11 is 11.1. The summed E-state index contributed by atoms with van der Waals surface area (Å²) in [4.78, 5) is 11.0. The molecule has 0 spiro atoms. The van der Waals surface area contributed by atoms with Crippen molar-refractivity contribution in [2.24, 2.45) is 0 Å². The standard InChI is InChI=1S/C50H54N2O2S6/c1(3-7-29-53-31-21-41-37-47(43-13-9-33-55-43)59-49(41)45-15-11-35-57-45)5-23-51-25-17-39(18-26-51)40-19-27-52(28-20-40)24-6-2-4-8-30-54-32-22-42-38-48(44-14-10-34-56-44)60-50(42)46-16-12-36-58-46/h9-20,25-28,33-38H,1-8,21-24,29-32H2/q+2. The number of hydrogen-bond acceptors (Lipinski definition) is 8. The summed E-state index contributed by atoms with van der Waals surface area (Å²) in [5.41, 5.74) is 5.37. The molecular weight excluding hydrogens is 853 g/mol. The van der Waals surface area contributed by atoms with Crippen molar-refractivity contribution >= 4 is 68.0 Å². The minimum atomic E-state index is 0.784. The molecule has 8 heterocycles. The van der Waals surface area contributed by atoms with Crippen LogP contribution in [-0.4, -0.2) is 26.4 Å². The predicted molar refractivity (Wildman–Crippen MR) is 260 cm³/mol. The molecule has 4 nitrogen and oxygen atoms in total. The highest BCUT2D eigenvalue weighted by atomic mass is 32.1. The summed E-state index contributed by atoms with van der Waals surface area (Å²) in [6.45, 7) is 5.37. The molecule has 0 amide bonds. The Morgan fingerprint density at radius 3 is 1.15 bits per heavy atom. The maximum Gasteiger partial charge on any atom is 0.169 e. The summed E-state index contributed by atoms with van der Waals surface area (Å²) in [5, 5.41) is 8.66. The molecule has 0 radical (unpaired) electrons. The van der Waals surface area contributed by atoms with Gasteiger partial charge in [0.1, 0.15) is 13.1 Å². The normalized spacial score (nSPS) is 11.5. The SMILES string of the molecule is c1csc(-c2cc(CCOCCCCCC[n+]3ccc(-c4cc[n+](CCCCCCOCCc5cc(-c6cccs6)sc5-c5cccs5)cc4)cc3)c(-c3cccs3)s2)c1. The van der Waals surface area contributed by atoms with Crippen molar-refractivity contribution in [3.63, 3.8) is 0 Å². The van der Waals surface area contributed by atoms with Gasteiger partial charge in [-0.1, -0.05) is 37.1 Å². The van der Waals surface area contributed by atoms with Crippen LogP contribution in [0.5, 0.6) is 0 Å². The molecular formula is C50H54N2O2S6+2. The van der Waals surface area contributed by atoms with Gasteiger partial charge < -0.3 is 9.47 Å². The molecule has 8 aromatic heterocycles. The molecule has 8 aromatic rings. The van der Waals surface area contributed by atoms with Crippen LogP contribution in [-0.2, 0) is 35.4 Å². The number of unbranched alkanes of at least 4 members (excludes halogenated alkanes) is 6. The Balaban J connectivity index is 0.657.